The topological polar surface area (TPSA) is 35.6 Å². The average Bonchev–Trinajstić information content (AvgIpc) is 2.63. The van der Waals surface area contributed by atoms with Crippen molar-refractivity contribution in [1.82, 2.24) is 5.32 Å². The van der Waals surface area contributed by atoms with Crippen LogP contribution in [0.4, 0.5) is 15.8 Å². The standard InChI is InChI=1S/C19H22FN3O/c1-21-14-19(24)15-6-8-16(9-7-15)22-10-12-23(13-11-22)18-5-3-2-4-17(18)20/h2-9,21H,10-14H2,1H3. The first-order chi connectivity index (χ1) is 11.7. The van der Waals surface area contributed by atoms with Gasteiger partial charge in [-0.15, -0.1) is 0 Å². The van der Waals surface area contributed by atoms with Crippen molar-refractivity contribution in [2.45, 2.75) is 0 Å². The number of benzene rings is 2. The van der Waals surface area contributed by atoms with Gasteiger partial charge in [0.1, 0.15) is 5.82 Å². The summed E-state index contributed by atoms with van der Waals surface area (Å²) >= 11 is 0. The van der Waals surface area contributed by atoms with Gasteiger partial charge in [0.25, 0.3) is 0 Å². The number of hydrogen-bond donors (Lipinski definition) is 1. The van der Waals surface area contributed by atoms with Crippen molar-refractivity contribution in [3.8, 4) is 0 Å². The lowest BCUT2D eigenvalue weighted by Crippen LogP contribution is -2.46. The van der Waals surface area contributed by atoms with Gasteiger partial charge in [0.15, 0.2) is 5.78 Å². The van der Waals surface area contributed by atoms with Gasteiger partial charge < -0.3 is 15.1 Å². The van der Waals surface area contributed by atoms with Gasteiger partial charge in [-0.3, -0.25) is 4.79 Å². The van der Waals surface area contributed by atoms with Crippen molar-refractivity contribution in [1.29, 1.82) is 0 Å². The minimum absolute atomic E-state index is 0.0911. The number of anilines is 2. The lowest BCUT2D eigenvalue weighted by molar-refractivity contribution is 0.0993. The van der Waals surface area contributed by atoms with E-state index in [0.29, 0.717) is 12.2 Å². The van der Waals surface area contributed by atoms with E-state index in [1.54, 1.807) is 13.1 Å². The van der Waals surface area contributed by atoms with Crippen LogP contribution >= 0.6 is 0 Å². The largest absolute Gasteiger partial charge is 0.368 e. The summed E-state index contributed by atoms with van der Waals surface area (Å²) in [5.74, 6) is -0.0771. The Labute approximate surface area is 141 Å². The number of nitrogens with zero attached hydrogens (tertiary/aromatic N) is 2. The number of para-hydroxylation sites is 1. The second kappa shape index (κ2) is 7.45. The molecule has 3 rings (SSSR count). The van der Waals surface area contributed by atoms with Gasteiger partial charge in [0, 0.05) is 37.4 Å². The number of halogens is 1. The van der Waals surface area contributed by atoms with E-state index in [-0.39, 0.29) is 11.6 Å². The Bertz CT molecular complexity index is 694. The highest BCUT2D eigenvalue weighted by Gasteiger charge is 2.19. The minimum Gasteiger partial charge on any atom is -0.368 e. The van der Waals surface area contributed by atoms with Gasteiger partial charge in [0.2, 0.25) is 0 Å². The zero-order chi connectivity index (χ0) is 16.9. The number of Topliss-reactive ketones (excluding diaryl/α,β-unsaturated/α-hetero) is 1. The maximum atomic E-state index is 13.9. The van der Waals surface area contributed by atoms with Gasteiger partial charge in [-0.1, -0.05) is 12.1 Å². The average molecular weight is 327 g/mol. The fourth-order valence-corrected chi connectivity index (χ4v) is 3.03. The highest BCUT2D eigenvalue weighted by atomic mass is 19.1. The van der Waals surface area contributed by atoms with Crippen LogP contribution in [0.15, 0.2) is 48.5 Å². The van der Waals surface area contributed by atoms with Crippen molar-refractivity contribution < 1.29 is 9.18 Å². The Balaban J connectivity index is 1.62. The van der Waals surface area contributed by atoms with E-state index in [4.69, 9.17) is 0 Å². The molecule has 1 aliphatic rings. The van der Waals surface area contributed by atoms with E-state index >= 15 is 0 Å². The Morgan fingerprint density at radius 1 is 1.00 bits per heavy atom. The van der Waals surface area contributed by atoms with E-state index < -0.39 is 0 Å². The van der Waals surface area contributed by atoms with Crippen LogP contribution in [0.25, 0.3) is 0 Å². The molecule has 24 heavy (non-hydrogen) atoms. The molecule has 0 amide bonds. The first kappa shape index (κ1) is 16.5. The molecule has 1 aliphatic heterocycles. The molecule has 2 aromatic carbocycles. The molecule has 1 saturated heterocycles. The van der Waals surface area contributed by atoms with Crippen LogP contribution < -0.4 is 15.1 Å². The molecule has 0 atom stereocenters. The Morgan fingerprint density at radius 3 is 2.25 bits per heavy atom. The highest BCUT2D eigenvalue weighted by Crippen LogP contribution is 2.23. The molecule has 0 aliphatic carbocycles. The second-order valence-electron chi connectivity index (χ2n) is 5.93. The summed E-state index contributed by atoms with van der Waals surface area (Å²) < 4.78 is 13.9. The quantitative estimate of drug-likeness (QED) is 0.856. The van der Waals surface area contributed by atoms with Crippen LogP contribution in [-0.4, -0.2) is 45.6 Å². The molecule has 0 saturated carbocycles. The Kier molecular flexibility index (Phi) is 5.11. The monoisotopic (exact) mass is 327 g/mol. The lowest BCUT2D eigenvalue weighted by Gasteiger charge is -2.37. The number of carbonyl (C=O) groups excluding carboxylic acids is 1. The van der Waals surface area contributed by atoms with Crippen molar-refractivity contribution >= 4 is 17.2 Å². The normalized spacial score (nSPS) is 14.8. The third-order valence-corrected chi connectivity index (χ3v) is 4.36. The van der Waals surface area contributed by atoms with Gasteiger partial charge in [-0.25, -0.2) is 4.39 Å². The van der Waals surface area contributed by atoms with Crippen LogP contribution in [0.3, 0.4) is 0 Å². The zero-order valence-corrected chi connectivity index (χ0v) is 13.8. The Morgan fingerprint density at radius 2 is 1.62 bits per heavy atom. The maximum Gasteiger partial charge on any atom is 0.176 e. The number of ketones is 1. The maximum absolute atomic E-state index is 13.9. The van der Waals surface area contributed by atoms with Gasteiger partial charge in [-0.2, -0.15) is 0 Å². The van der Waals surface area contributed by atoms with Crippen LogP contribution in [0.1, 0.15) is 10.4 Å². The summed E-state index contributed by atoms with van der Waals surface area (Å²) in [5, 5.41) is 2.87. The minimum atomic E-state index is -0.168. The number of likely N-dealkylation sites (N-methyl/N-ethyl adjacent to an activating group) is 1. The van der Waals surface area contributed by atoms with Crippen molar-refractivity contribution in [2.75, 3.05) is 49.6 Å². The number of carbonyl (C=O) groups is 1. The van der Waals surface area contributed by atoms with E-state index in [1.807, 2.05) is 36.4 Å². The summed E-state index contributed by atoms with van der Waals surface area (Å²) in [6.45, 7) is 3.57. The van der Waals surface area contributed by atoms with E-state index in [1.165, 1.54) is 6.07 Å². The van der Waals surface area contributed by atoms with Crippen molar-refractivity contribution in [2.24, 2.45) is 0 Å². The van der Waals surface area contributed by atoms with Gasteiger partial charge >= 0.3 is 0 Å². The SMILES string of the molecule is CNCC(=O)c1ccc(N2CCN(c3ccccc3F)CC2)cc1. The molecule has 0 unspecified atom stereocenters. The van der Waals surface area contributed by atoms with Gasteiger partial charge in [-0.05, 0) is 43.4 Å². The molecule has 126 valence electrons. The molecular weight excluding hydrogens is 305 g/mol. The van der Waals surface area contributed by atoms with E-state index in [2.05, 4.69) is 15.1 Å². The summed E-state index contributed by atoms with van der Waals surface area (Å²) in [5.41, 5.74) is 2.49. The lowest BCUT2D eigenvalue weighted by atomic mass is 10.1. The molecule has 5 heteroatoms. The van der Waals surface area contributed by atoms with E-state index in [0.717, 1.165) is 37.4 Å². The molecule has 0 bridgehead atoms. The third-order valence-electron chi connectivity index (χ3n) is 4.36. The first-order valence-corrected chi connectivity index (χ1v) is 8.21. The highest BCUT2D eigenvalue weighted by molar-refractivity contribution is 5.97. The number of nitrogens with one attached hydrogen (secondary N) is 1. The smallest absolute Gasteiger partial charge is 0.176 e. The molecule has 0 aromatic heterocycles. The van der Waals surface area contributed by atoms with Crippen LogP contribution in [-0.2, 0) is 0 Å². The molecule has 0 spiro atoms. The molecule has 4 nitrogen and oxygen atoms in total. The summed E-state index contributed by atoms with van der Waals surface area (Å²) in [7, 11) is 1.77. The molecule has 1 heterocycles. The first-order valence-electron chi connectivity index (χ1n) is 8.21. The molecule has 1 fully saturated rings. The predicted octanol–water partition coefficient (Wildman–Crippen LogP) is 2.55. The fraction of sp³-hybridized carbons (Fsp3) is 0.316. The number of rotatable bonds is 5. The zero-order valence-electron chi connectivity index (χ0n) is 13.8. The second-order valence-corrected chi connectivity index (χ2v) is 5.93. The van der Waals surface area contributed by atoms with E-state index in [9.17, 15) is 9.18 Å². The molecular formula is C19H22FN3O. The summed E-state index contributed by atoms with van der Waals surface area (Å²) in [6.07, 6.45) is 0. The summed E-state index contributed by atoms with van der Waals surface area (Å²) in [4.78, 5) is 16.2. The number of piperazine rings is 1. The van der Waals surface area contributed by atoms with Gasteiger partial charge in [0.05, 0.1) is 12.2 Å². The molecule has 1 N–H and O–H groups in total. The predicted molar refractivity (Wildman–Crippen MR) is 95.5 cm³/mol. The van der Waals surface area contributed by atoms with Crippen LogP contribution in [0.2, 0.25) is 0 Å². The van der Waals surface area contributed by atoms with Crippen molar-refractivity contribution in [3.63, 3.8) is 0 Å². The molecule has 0 radical (unpaired) electrons. The summed E-state index contributed by atoms with van der Waals surface area (Å²) in [6, 6.07) is 14.6. The third kappa shape index (κ3) is 3.57. The molecule has 2 aromatic rings. The van der Waals surface area contributed by atoms with Crippen LogP contribution in [0.5, 0.6) is 0 Å². The van der Waals surface area contributed by atoms with Crippen molar-refractivity contribution in [3.05, 3.63) is 59.9 Å². The Hall–Kier alpha value is -2.40. The fourth-order valence-electron chi connectivity index (χ4n) is 3.03. The van der Waals surface area contributed by atoms with Crippen LogP contribution in [0, 0.1) is 5.82 Å². The number of hydrogen-bond acceptors (Lipinski definition) is 4.